The highest BCUT2D eigenvalue weighted by Crippen LogP contribution is 2.34. The summed E-state index contributed by atoms with van der Waals surface area (Å²) in [6, 6.07) is 4.37. The summed E-state index contributed by atoms with van der Waals surface area (Å²) in [4.78, 5) is 2.30. The smallest absolute Gasteiger partial charge is 0.264 e. The molecule has 1 aromatic carbocycles. The highest BCUT2D eigenvalue weighted by Gasteiger charge is 2.39. The van der Waals surface area contributed by atoms with E-state index in [4.69, 9.17) is 4.74 Å². The van der Waals surface area contributed by atoms with Crippen LogP contribution in [0.2, 0.25) is 0 Å². The van der Waals surface area contributed by atoms with Gasteiger partial charge in [0.25, 0.3) is 5.72 Å². The van der Waals surface area contributed by atoms with Crippen LogP contribution in [0.1, 0.15) is 18.1 Å². The molecule has 0 spiro atoms. The number of halogens is 1. The van der Waals surface area contributed by atoms with Gasteiger partial charge in [0.2, 0.25) is 0 Å². The number of fused-ring (bicyclic) bond motifs is 1. The number of thioether (sulfide) groups is 1. The number of ether oxygens (including phenoxy) is 1. The fourth-order valence-corrected chi connectivity index (χ4v) is 3.77. The molecule has 0 amide bonds. The van der Waals surface area contributed by atoms with E-state index in [0.29, 0.717) is 0 Å². The van der Waals surface area contributed by atoms with Crippen molar-refractivity contribution in [3.05, 3.63) is 34.4 Å². The average molecular weight is 357 g/mol. The van der Waals surface area contributed by atoms with Gasteiger partial charge in [0.1, 0.15) is 0 Å². The van der Waals surface area contributed by atoms with Crippen molar-refractivity contribution in [2.24, 2.45) is 0 Å². The third kappa shape index (κ3) is 2.85. The van der Waals surface area contributed by atoms with Crippen LogP contribution in [-0.4, -0.2) is 30.0 Å². The third-order valence-electron chi connectivity index (χ3n) is 3.86. The van der Waals surface area contributed by atoms with Gasteiger partial charge in [-0.15, -0.1) is 11.8 Å². The highest BCUT2D eigenvalue weighted by atomic mass is 79.9. The van der Waals surface area contributed by atoms with Crippen molar-refractivity contribution in [2.45, 2.75) is 26.5 Å². The second-order valence-electron chi connectivity index (χ2n) is 5.66. The molecule has 2 aliphatic rings. The van der Waals surface area contributed by atoms with Gasteiger partial charge in [-0.25, -0.2) is 0 Å². The number of quaternary nitrogens is 1. The molecule has 1 saturated heterocycles. The summed E-state index contributed by atoms with van der Waals surface area (Å²) < 4.78 is 6.17. The van der Waals surface area contributed by atoms with Crippen molar-refractivity contribution in [1.29, 1.82) is 0 Å². The predicted molar refractivity (Wildman–Crippen MR) is 79.7 cm³/mol. The maximum atomic E-state index is 6.17. The van der Waals surface area contributed by atoms with Gasteiger partial charge < -0.3 is 26.6 Å². The van der Waals surface area contributed by atoms with Crippen molar-refractivity contribution in [1.82, 2.24) is 4.90 Å². The zero-order valence-corrected chi connectivity index (χ0v) is 14.8. The van der Waals surface area contributed by atoms with E-state index in [1.807, 2.05) is 11.8 Å². The fourth-order valence-electron chi connectivity index (χ4n) is 2.56. The molecular weight excluding hydrogens is 336 g/mol. The first-order valence-electron chi connectivity index (χ1n) is 6.70. The topological polar surface area (TPSA) is 29.1 Å². The minimum absolute atomic E-state index is 0. The second kappa shape index (κ2) is 5.62. The molecular formula is C15H21BrN2OS. The zero-order chi connectivity index (χ0) is 13.6. The Bertz CT molecular complexity index is 528. The predicted octanol–water partition coefficient (Wildman–Crippen LogP) is -0.869. The molecule has 20 heavy (non-hydrogen) atoms. The summed E-state index contributed by atoms with van der Waals surface area (Å²) in [5.41, 5.74) is 3.51. The molecule has 0 radical (unpaired) electrons. The van der Waals surface area contributed by atoms with Crippen molar-refractivity contribution < 1.29 is 27.0 Å². The Kier molecular flexibility index (Phi) is 4.42. The zero-order valence-electron chi connectivity index (χ0n) is 12.4. The Morgan fingerprint density at radius 1 is 1.35 bits per heavy atom. The first-order valence-corrected chi connectivity index (χ1v) is 7.68. The number of hydrogen-bond donors (Lipinski definition) is 1. The molecule has 3 nitrogen and oxygen atoms in total. The van der Waals surface area contributed by atoms with E-state index >= 15 is 0 Å². The molecule has 0 bridgehead atoms. The van der Waals surface area contributed by atoms with Gasteiger partial charge in [0.15, 0.2) is 11.4 Å². The first-order chi connectivity index (χ1) is 8.97. The summed E-state index contributed by atoms with van der Waals surface area (Å²) in [6.07, 6.45) is 2.25. The van der Waals surface area contributed by atoms with E-state index in [1.54, 1.807) is 0 Å². The maximum absolute atomic E-state index is 6.17. The normalized spacial score (nSPS) is 26.4. The van der Waals surface area contributed by atoms with Gasteiger partial charge in [0, 0.05) is 38.4 Å². The molecule has 1 atom stereocenters. The standard InChI is InChI=1S/C15H20N2OS.BrH/c1-10-7-12-13(8-11(10)2)18-15(3,16-12)9-14-17(4)5-6-19-14;/h7-9,16H,5-6H2,1-4H3;1H/b14-9-;. The summed E-state index contributed by atoms with van der Waals surface area (Å²) in [5.74, 6) is 2.18. The van der Waals surface area contributed by atoms with Gasteiger partial charge >= 0.3 is 0 Å². The Balaban J connectivity index is 0.00000147. The van der Waals surface area contributed by atoms with E-state index in [-0.39, 0.29) is 22.7 Å². The molecule has 2 aliphatic heterocycles. The number of rotatable bonds is 1. The number of nitrogens with zero attached hydrogens (tertiary/aromatic N) is 1. The van der Waals surface area contributed by atoms with Crippen LogP contribution in [0.4, 0.5) is 5.69 Å². The van der Waals surface area contributed by atoms with Gasteiger partial charge in [-0.05, 0) is 31.0 Å². The molecule has 1 unspecified atom stereocenters. The van der Waals surface area contributed by atoms with Gasteiger partial charge in [-0.1, -0.05) is 0 Å². The highest BCUT2D eigenvalue weighted by molar-refractivity contribution is 8.03. The monoisotopic (exact) mass is 356 g/mol. The van der Waals surface area contributed by atoms with Crippen LogP contribution in [0, 0.1) is 13.8 Å². The summed E-state index contributed by atoms with van der Waals surface area (Å²) in [6.45, 7) is 7.54. The maximum Gasteiger partial charge on any atom is 0.264 e. The van der Waals surface area contributed by atoms with E-state index in [1.165, 1.54) is 27.6 Å². The minimum atomic E-state index is -0.316. The molecule has 0 aromatic heterocycles. The van der Waals surface area contributed by atoms with Crippen LogP contribution in [0.5, 0.6) is 5.75 Å². The summed E-state index contributed by atoms with van der Waals surface area (Å²) >= 11 is 1.91. The van der Waals surface area contributed by atoms with Crippen LogP contribution in [0.3, 0.4) is 0 Å². The molecule has 5 heteroatoms. The minimum Gasteiger partial charge on any atom is -1.00 e. The van der Waals surface area contributed by atoms with Crippen molar-refractivity contribution >= 4 is 17.4 Å². The van der Waals surface area contributed by atoms with Crippen LogP contribution in [-0.2, 0) is 0 Å². The van der Waals surface area contributed by atoms with Crippen LogP contribution in [0.25, 0.3) is 0 Å². The molecule has 110 valence electrons. The lowest BCUT2D eigenvalue weighted by molar-refractivity contribution is -0.658. The lowest BCUT2D eigenvalue weighted by Crippen LogP contribution is -3.00. The Hall–Kier alpha value is -0.650. The van der Waals surface area contributed by atoms with E-state index in [2.05, 4.69) is 56.2 Å². The lowest BCUT2D eigenvalue weighted by Gasteiger charge is -2.19. The Labute approximate surface area is 135 Å². The van der Waals surface area contributed by atoms with E-state index in [0.717, 1.165) is 12.3 Å². The molecule has 1 fully saturated rings. The number of aryl methyl sites for hydroxylation is 2. The molecule has 0 saturated carbocycles. The number of benzene rings is 1. The van der Waals surface area contributed by atoms with Crippen molar-refractivity contribution in [3.8, 4) is 5.75 Å². The van der Waals surface area contributed by atoms with Gasteiger partial charge in [-0.2, -0.15) is 0 Å². The second-order valence-corrected chi connectivity index (χ2v) is 6.77. The van der Waals surface area contributed by atoms with E-state index < -0.39 is 0 Å². The van der Waals surface area contributed by atoms with E-state index in [9.17, 15) is 0 Å². The Morgan fingerprint density at radius 2 is 2.05 bits per heavy atom. The summed E-state index contributed by atoms with van der Waals surface area (Å²) in [7, 11) is 2.14. The molecule has 2 N–H and O–H groups in total. The number of nitrogens with two attached hydrogens (primary N) is 1. The summed E-state index contributed by atoms with van der Waals surface area (Å²) in [5, 5.41) is 3.55. The van der Waals surface area contributed by atoms with Gasteiger partial charge in [-0.3, -0.25) is 5.32 Å². The van der Waals surface area contributed by atoms with Crippen molar-refractivity contribution in [3.63, 3.8) is 0 Å². The lowest BCUT2D eigenvalue weighted by atomic mass is 10.1. The largest absolute Gasteiger partial charge is 1.00 e. The van der Waals surface area contributed by atoms with Crippen molar-refractivity contribution in [2.75, 3.05) is 19.3 Å². The van der Waals surface area contributed by atoms with Gasteiger partial charge in [0.05, 0.1) is 5.03 Å². The third-order valence-corrected chi connectivity index (χ3v) is 4.97. The van der Waals surface area contributed by atoms with Crippen LogP contribution in [0.15, 0.2) is 23.2 Å². The van der Waals surface area contributed by atoms with Crippen LogP contribution >= 0.6 is 11.8 Å². The number of hydrogen-bond acceptors (Lipinski definition) is 3. The average Bonchev–Trinajstić information content (AvgIpc) is 2.84. The van der Waals surface area contributed by atoms with Crippen LogP contribution < -0.4 is 27.0 Å². The quantitative estimate of drug-likeness (QED) is 0.663. The fraction of sp³-hybridized carbons (Fsp3) is 0.467. The molecule has 2 heterocycles. The molecule has 3 rings (SSSR count). The Morgan fingerprint density at radius 3 is 2.70 bits per heavy atom. The first kappa shape index (κ1) is 15.7. The SMILES string of the molecule is Cc1cc2c(cc1C)OC(C)(/C=C1\SCCN1C)[NH2+]2.[Br-]. The molecule has 0 aliphatic carbocycles. The molecule has 1 aromatic rings.